The molecule has 14 heavy (non-hydrogen) atoms. The standard InChI is InChI=1S/C8H12N4O2/c9-6-1-2-7(3-6)11-5-8(4-10-11)12(13)14/h4-7H,1-3,9H2. The highest BCUT2D eigenvalue weighted by Gasteiger charge is 2.24. The minimum Gasteiger partial charge on any atom is -0.328 e. The van der Waals surface area contributed by atoms with E-state index in [2.05, 4.69) is 5.10 Å². The lowest BCUT2D eigenvalue weighted by Gasteiger charge is -2.08. The molecule has 0 radical (unpaired) electrons. The van der Waals surface area contributed by atoms with Gasteiger partial charge in [-0.3, -0.25) is 14.8 Å². The molecule has 0 bridgehead atoms. The van der Waals surface area contributed by atoms with Gasteiger partial charge in [0, 0.05) is 6.04 Å². The van der Waals surface area contributed by atoms with E-state index in [4.69, 9.17) is 5.73 Å². The average Bonchev–Trinajstić information content (AvgIpc) is 2.70. The molecule has 1 aromatic heterocycles. The van der Waals surface area contributed by atoms with E-state index in [9.17, 15) is 10.1 Å². The van der Waals surface area contributed by atoms with E-state index in [-0.39, 0.29) is 17.8 Å². The lowest BCUT2D eigenvalue weighted by molar-refractivity contribution is -0.385. The van der Waals surface area contributed by atoms with Gasteiger partial charge in [0.05, 0.1) is 11.0 Å². The van der Waals surface area contributed by atoms with Crippen molar-refractivity contribution >= 4 is 5.69 Å². The molecule has 1 aliphatic rings. The van der Waals surface area contributed by atoms with Crippen LogP contribution in [0.3, 0.4) is 0 Å². The maximum atomic E-state index is 10.4. The summed E-state index contributed by atoms with van der Waals surface area (Å²) in [5.74, 6) is 0. The number of nitrogens with zero attached hydrogens (tertiary/aromatic N) is 3. The second-order valence-corrected chi connectivity index (χ2v) is 3.66. The van der Waals surface area contributed by atoms with Crippen molar-refractivity contribution < 1.29 is 4.92 Å². The predicted octanol–water partition coefficient (Wildman–Crippen LogP) is 0.844. The zero-order valence-corrected chi connectivity index (χ0v) is 7.67. The Labute approximate surface area is 80.9 Å². The van der Waals surface area contributed by atoms with Gasteiger partial charge in [0.2, 0.25) is 0 Å². The van der Waals surface area contributed by atoms with Crippen LogP contribution in [-0.4, -0.2) is 20.7 Å². The Morgan fingerprint density at radius 3 is 2.93 bits per heavy atom. The summed E-state index contributed by atoms with van der Waals surface area (Å²) in [6.07, 6.45) is 5.55. The van der Waals surface area contributed by atoms with Crippen molar-refractivity contribution in [3.63, 3.8) is 0 Å². The van der Waals surface area contributed by atoms with Crippen LogP contribution < -0.4 is 5.73 Å². The van der Waals surface area contributed by atoms with Crippen LogP contribution in [0, 0.1) is 10.1 Å². The quantitative estimate of drug-likeness (QED) is 0.561. The normalized spacial score (nSPS) is 26.6. The van der Waals surface area contributed by atoms with E-state index >= 15 is 0 Å². The summed E-state index contributed by atoms with van der Waals surface area (Å²) in [7, 11) is 0. The Bertz CT molecular complexity index is 349. The van der Waals surface area contributed by atoms with E-state index in [1.165, 1.54) is 12.4 Å². The van der Waals surface area contributed by atoms with E-state index in [0.29, 0.717) is 0 Å². The van der Waals surface area contributed by atoms with Gasteiger partial charge in [-0.1, -0.05) is 0 Å². The third-order valence-corrected chi connectivity index (χ3v) is 2.62. The molecule has 1 saturated carbocycles. The van der Waals surface area contributed by atoms with Crippen LogP contribution >= 0.6 is 0 Å². The van der Waals surface area contributed by atoms with Gasteiger partial charge in [-0.05, 0) is 19.3 Å². The molecule has 1 aromatic rings. The molecule has 2 N–H and O–H groups in total. The third-order valence-electron chi connectivity index (χ3n) is 2.62. The maximum Gasteiger partial charge on any atom is 0.307 e. The molecule has 76 valence electrons. The Hall–Kier alpha value is -1.43. The minimum absolute atomic E-state index is 0.0467. The average molecular weight is 196 g/mol. The predicted molar refractivity (Wildman–Crippen MR) is 49.7 cm³/mol. The first kappa shape index (κ1) is 9.14. The first-order chi connectivity index (χ1) is 6.66. The molecule has 2 unspecified atom stereocenters. The van der Waals surface area contributed by atoms with Crippen LogP contribution in [0.25, 0.3) is 0 Å². The van der Waals surface area contributed by atoms with Crippen molar-refractivity contribution in [2.24, 2.45) is 5.73 Å². The molecule has 0 spiro atoms. The molecular weight excluding hydrogens is 184 g/mol. The van der Waals surface area contributed by atoms with Crippen LogP contribution in [-0.2, 0) is 0 Å². The molecule has 1 aliphatic carbocycles. The summed E-state index contributed by atoms with van der Waals surface area (Å²) in [5.41, 5.74) is 5.80. The van der Waals surface area contributed by atoms with Gasteiger partial charge in [0.25, 0.3) is 0 Å². The van der Waals surface area contributed by atoms with Crippen molar-refractivity contribution in [2.75, 3.05) is 0 Å². The van der Waals surface area contributed by atoms with Crippen LogP contribution in [0.4, 0.5) is 5.69 Å². The Kier molecular flexibility index (Phi) is 2.20. The molecule has 2 rings (SSSR count). The summed E-state index contributed by atoms with van der Waals surface area (Å²) in [6.45, 7) is 0. The van der Waals surface area contributed by atoms with Crippen molar-refractivity contribution in [1.82, 2.24) is 9.78 Å². The van der Waals surface area contributed by atoms with Gasteiger partial charge in [-0.2, -0.15) is 5.10 Å². The summed E-state index contributed by atoms with van der Waals surface area (Å²) in [6, 6.07) is 0.446. The highest BCUT2D eigenvalue weighted by molar-refractivity contribution is 5.21. The Morgan fingerprint density at radius 2 is 2.43 bits per heavy atom. The van der Waals surface area contributed by atoms with Crippen LogP contribution in [0.15, 0.2) is 12.4 Å². The number of aromatic nitrogens is 2. The number of nitro groups is 1. The second kappa shape index (κ2) is 3.38. The molecular formula is C8H12N4O2. The van der Waals surface area contributed by atoms with Crippen LogP contribution in [0.2, 0.25) is 0 Å². The summed E-state index contributed by atoms with van der Waals surface area (Å²) in [5, 5.41) is 14.4. The SMILES string of the molecule is NC1CCC(n2cc([N+](=O)[O-])cn2)C1. The lowest BCUT2D eigenvalue weighted by Crippen LogP contribution is -2.16. The van der Waals surface area contributed by atoms with Crippen molar-refractivity contribution in [3.05, 3.63) is 22.5 Å². The topological polar surface area (TPSA) is 87.0 Å². The zero-order chi connectivity index (χ0) is 10.1. The number of hydrogen-bond donors (Lipinski definition) is 1. The fourth-order valence-corrected chi connectivity index (χ4v) is 1.85. The highest BCUT2D eigenvalue weighted by Crippen LogP contribution is 2.29. The molecule has 0 aromatic carbocycles. The van der Waals surface area contributed by atoms with Gasteiger partial charge < -0.3 is 5.73 Å². The number of nitrogens with two attached hydrogens (primary N) is 1. The Morgan fingerprint density at radius 1 is 1.64 bits per heavy atom. The van der Waals surface area contributed by atoms with Crippen molar-refractivity contribution in [3.8, 4) is 0 Å². The van der Waals surface area contributed by atoms with E-state index in [0.717, 1.165) is 19.3 Å². The zero-order valence-electron chi connectivity index (χ0n) is 7.67. The maximum absolute atomic E-state index is 10.4. The smallest absolute Gasteiger partial charge is 0.307 e. The van der Waals surface area contributed by atoms with Gasteiger partial charge in [-0.25, -0.2) is 0 Å². The Balaban J connectivity index is 2.13. The van der Waals surface area contributed by atoms with Crippen molar-refractivity contribution in [1.29, 1.82) is 0 Å². The van der Waals surface area contributed by atoms with Crippen LogP contribution in [0.5, 0.6) is 0 Å². The monoisotopic (exact) mass is 196 g/mol. The number of hydrogen-bond acceptors (Lipinski definition) is 4. The third kappa shape index (κ3) is 1.60. The molecule has 0 aliphatic heterocycles. The minimum atomic E-state index is -0.432. The fraction of sp³-hybridized carbons (Fsp3) is 0.625. The van der Waals surface area contributed by atoms with E-state index in [1.54, 1.807) is 4.68 Å². The largest absolute Gasteiger partial charge is 0.328 e. The molecule has 1 heterocycles. The first-order valence-corrected chi connectivity index (χ1v) is 4.61. The fourth-order valence-electron chi connectivity index (χ4n) is 1.85. The van der Waals surface area contributed by atoms with E-state index in [1.807, 2.05) is 0 Å². The first-order valence-electron chi connectivity index (χ1n) is 4.61. The van der Waals surface area contributed by atoms with Gasteiger partial charge in [-0.15, -0.1) is 0 Å². The molecule has 1 fully saturated rings. The van der Waals surface area contributed by atoms with Crippen molar-refractivity contribution in [2.45, 2.75) is 31.3 Å². The molecule has 6 heteroatoms. The lowest BCUT2D eigenvalue weighted by atomic mass is 10.2. The molecule has 0 saturated heterocycles. The summed E-state index contributed by atoms with van der Waals surface area (Å²) < 4.78 is 1.66. The second-order valence-electron chi connectivity index (χ2n) is 3.66. The van der Waals surface area contributed by atoms with Gasteiger partial charge in [0.1, 0.15) is 12.4 Å². The highest BCUT2D eigenvalue weighted by atomic mass is 16.6. The number of rotatable bonds is 2. The van der Waals surface area contributed by atoms with Gasteiger partial charge >= 0.3 is 5.69 Å². The molecule has 6 nitrogen and oxygen atoms in total. The summed E-state index contributed by atoms with van der Waals surface area (Å²) >= 11 is 0. The summed E-state index contributed by atoms with van der Waals surface area (Å²) in [4.78, 5) is 9.99. The molecule has 2 atom stereocenters. The molecule has 0 amide bonds. The van der Waals surface area contributed by atoms with Crippen LogP contribution in [0.1, 0.15) is 25.3 Å². The van der Waals surface area contributed by atoms with E-state index < -0.39 is 4.92 Å². The van der Waals surface area contributed by atoms with Gasteiger partial charge in [0.15, 0.2) is 0 Å².